The largest absolute Gasteiger partial charge is 0.507 e. The standard InChI is InChI=1S/C31H33NO3S/c1-30(2,3)27-19-24(20-28(29(27)33)31(4,5)6)18-26(21-32)36(34,35)25-16-14-23(15-17-25)13-12-22-10-8-7-9-11-22/h7-20,33H,1-6H3/b13-12+,26-18+. The fraction of sp³-hybridized carbons (Fsp3) is 0.258. The summed E-state index contributed by atoms with van der Waals surface area (Å²) in [7, 11) is -4.03. The zero-order valence-corrected chi connectivity index (χ0v) is 22.5. The molecule has 186 valence electrons. The van der Waals surface area contributed by atoms with Gasteiger partial charge in [-0.3, -0.25) is 0 Å². The molecular formula is C31H33NO3S. The number of sulfone groups is 1. The van der Waals surface area contributed by atoms with Gasteiger partial charge >= 0.3 is 0 Å². The first-order chi connectivity index (χ1) is 16.7. The van der Waals surface area contributed by atoms with Crippen LogP contribution in [-0.2, 0) is 20.7 Å². The van der Waals surface area contributed by atoms with E-state index in [0.717, 1.165) is 11.1 Å². The van der Waals surface area contributed by atoms with E-state index >= 15 is 0 Å². The van der Waals surface area contributed by atoms with E-state index in [1.165, 1.54) is 18.2 Å². The van der Waals surface area contributed by atoms with Crippen molar-refractivity contribution >= 4 is 28.1 Å². The third kappa shape index (κ3) is 6.13. The van der Waals surface area contributed by atoms with E-state index in [1.807, 2.05) is 90.1 Å². The summed E-state index contributed by atoms with van der Waals surface area (Å²) < 4.78 is 26.7. The van der Waals surface area contributed by atoms with Crippen molar-refractivity contribution in [1.29, 1.82) is 5.26 Å². The minimum absolute atomic E-state index is 0.0537. The van der Waals surface area contributed by atoms with E-state index in [9.17, 15) is 18.8 Å². The fourth-order valence-electron chi connectivity index (χ4n) is 3.85. The quantitative estimate of drug-likeness (QED) is 0.291. The summed E-state index contributed by atoms with van der Waals surface area (Å²) in [4.78, 5) is -0.293. The molecular weight excluding hydrogens is 466 g/mol. The third-order valence-electron chi connectivity index (χ3n) is 5.90. The number of aromatic hydroxyl groups is 1. The third-order valence-corrected chi connectivity index (χ3v) is 7.58. The maximum atomic E-state index is 13.3. The van der Waals surface area contributed by atoms with E-state index < -0.39 is 9.84 Å². The van der Waals surface area contributed by atoms with Gasteiger partial charge in [0.1, 0.15) is 16.7 Å². The number of benzene rings is 3. The number of hydrogen-bond donors (Lipinski definition) is 1. The fourth-order valence-corrected chi connectivity index (χ4v) is 5.01. The van der Waals surface area contributed by atoms with Gasteiger partial charge in [0.25, 0.3) is 0 Å². The lowest BCUT2D eigenvalue weighted by Gasteiger charge is -2.28. The summed E-state index contributed by atoms with van der Waals surface area (Å²) in [5, 5.41) is 20.8. The molecule has 36 heavy (non-hydrogen) atoms. The Hall–Kier alpha value is -3.62. The molecule has 0 amide bonds. The highest BCUT2D eigenvalue weighted by Crippen LogP contribution is 2.40. The Labute approximate surface area is 215 Å². The summed E-state index contributed by atoms with van der Waals surface area (Å²) in [5.74, 6) is 0.202. The van der Waals surface area contributed by atoms with E-state index in [-0.39, 0.29) is 26.4 Å². The molecule has 3 aromatic carbocycles. The van der Waals surface area contributed by atoms with Crippen molar-refractivity contribution in [1.82, 2.24) is 0 Å². The van der Waals surface area contributed by atoms with Crippen molar-refractivity contribution in [2.24, 2.45) is 0 Å². The van der Waals surface area contributed by atoms with Gasteiger partial charge in [0.2, 0.25) is 9.84 Å². The molecule has 3 aromatic rings. The molecule has 0 aliphatic rings. The molecule has 1 N–H and O–H groups in total. The lowest BCUT2D eigenvalue weighted by atomic mass is 9.78. The molecule has 0 radical (unpaired) electrons. The molecule has 0 bridgehead atoms. The van der Waals surface area contributed by atoms with Crippen molar-refractivity contribution in [3.05, 3.63) is 99.5 Å². The number of allylic oxidation sites excluding steroid dienone is 1. The molecule has 4 nitrogen and oxygen atoms in total. The van der Waals surface area contributed by atoms with Gasteiger partial charge in [-0.2, -0.15) is 5.26 Å². The summed E-state index contributed by atoms with van der Waals surface area (Å²) in [6.45, 7) is 11.9. The van der Waals surface area contributed by atoms with Crippen LogP contribution >= 0.6 is 0 Å². The van der Waals surface area contributed by atoms with E-state index in [1.54, 1.807) is 24.3 Å². The van der Waals surface area contributed by atoms with Crippen LogP contribution in [0.1, 0.15) is 69.4 Å². The molecule has 5 heteroatoms. The van der Waals surface area contributed by atoms with Crippen molar-refractivity contribution in [2.45, 2.75) is 57.3 Å². The average molecular weight is 500 g/mol. The van der Waals surface area contributed by atoms with Crippen LogP contribution in [0, 0.1) is 11.3 Å². The average Bonchev–Trinajstić information content (AvgIpc) is 2.81. The first kappa shape index (κ1) is 27.0. The van der Waals surface area contributed by atoms with Crippen LogP contribution in [0.3, 0.4) is 0 Å². The van der Waals surface area contributed by atoms with Crippen LogP contribution in [0.4, 0.5) is 0 Å². The van der Waals surface area contributed by atoms with Crippen LogP contribution in [0.2, 0.25) is 0 Å². The van der Waals surface area contributed by atoms with E-state index in [2.05, 4.69) is 0 Å². The topological polar surface area (TPSA) is 78.2 Å². The van der Waals surface area contributed by atoms with Gasteiger partial charge in [0, 0.05) is 11.1 Å². The highest BCUT2D eigenvalue weighted by molar-refractivity contribution is 7.95. The van der Waals surface area contributed by atoms with Gasteiger partial charge in [-0.05, 0) is 57.9 Å². The van der Waals surface area contributed by atoms with Gasteiger partial charge in [-0.15, -0.1) is 0 Å². The Morgan fingerprint density at radius 3 is 1.69 bits per heavy atom. The van der Waals surface area contributed by atoms with Crippen LogP contribution in [-0.4, -0.2) is 13.5 Å². The molecule has 0 spiro atoms. The molecule has 0 fully saturated rings. The van der Waals surface area contributed by atoms with Gasteiger partial charge < -0.3 is 5.11 Å². The zero-order chi connectivity index (χ0) is 26.7. The highest BCUT2D eigenvalue weighted by Gasteiger charge is 2.27. The Morgan fingerprint density at radius 2 is 1.25 bits per heavy atom. The predicted octanol–water partition coefficient (Wildman–Crippen LogP) is 7.50. The van der Waals surface area contributed by atoms with Crippen LogP contribution in [0.5, 0.6) is 5.75 Å². The normalized spacial score (nSPS) is 13.1. The molecule has 0 aliphatic carbocycles. The predicted molar refractivity (Wildman–Crippen MR) is 148 cm³/mol. The number of nitriles is 1. The van der Waals surface area contributed by atoms with Crippen molar-refractivity contribution in [3.8, 4) is 11.8 Å². The maximum absolute atomic E-state index is 13.3. The summed E-state index contributed by atoms with van der Waals surface area (Å²) in [5.41, 5.74) is 3.11. The lowest BCUT2D eigenvalue weighted by Crippen LogP contribution is -2.17. The maximum Gasteiger partial charge on any atom is 0.216 e. The number of phenols is 1. The van der Waals surface area contributed by atoms with Gasteiger partial charge in [-0.25, -0.2) is 8.42 Å². The first-order valence-electron chi connectivity index (χ1n) is 11.8. The Balaban J connectivity index is 2.02. The Morgan fingerprint density at radius 1 is 0.778 bits per heavy atom. The summed E-state index contributed by atoms with van der Waals surface area (Å²) >= 11 is 0. The molecule has 0 aromatic heterocycles. The van der Waals surface area contributed by atoms with Crippen LogP contribution in [0.15, 0.2) is 76.5 Å². The molecule has 0 unspecified atom stereocenters. The smallest absolute Gasteiger partial charge is 0.216 e. The van der Waals surface area contributed by atoms with Crippen molar-refractivity contribution < 1.29 is 13.5 Å². The molecule has 0 saturated carbocycles. The second kappa shape index (κ2) is 10.2. The van der Waals surface area contributed by atoms with Crippen molar-refractivity contribution in [2.75, 3.05) is 0 Å². The summed E-state index contributed by atoms with van der Waals surface area (Å²) in [6, 6.07) is 21.7. The number of rotatable bonds is 5. The SMILES string of the molecule is CC(C)(C)c1cc(/C=C(\C#N)S(=O)(=O)c2ccc(/C=C/c3ccccc3)cc2)cc(C(C)(C)C)c1O. The Bertz CT molecular complexity index is 1410. The second-order valence-electron chi connectivity index (χ2n) is 10.9. The molecule has 0 heterocycles. The molecule has 3 rings (SSSR count). The lowest BCUT2D eigenvalue weighted by molar-refractivity contribution is 0.423. The molecule has 0 aliphatic heterocycles. The van der Waals surface area contributed by atoms with Gasteiger partial charge in [0.15, 0.2) is 0 Å². The number of hydrogen-bond acceptors (Lipinski definition) is 4. The highest BCUT2D eigenvalue weighted by atomic mass is 32.2. The minimum atomic E-state index is -4.03. The van der Waals surface area contributed by atoms with Crippen molar-refractivity contribution in [3.63, 3.8) is 0 Å². The van der Waals surface area contributed by atoms with Crippen LogP contribution < -0.4 is 0 Å². The molecule has 0 saturated heterocycles. The number of nitrogens with zero attached hydrogens (tertiary/aromatic N) is 1. The van der Waals surface area contributed by atoms with Crippen LogP contribution in [0.25, 0.3) is 18.2 Å². The molecule has 0 atom stereocenters. The minimum Gasteiger partial charge on any atom is -0.507 e. The van der Waals surface area contributed by atoms with Gasteiger partial charge in [0.05, 0.1) is 4.90 Å². The Kier molecular flexibility index (Phi) is 7.62. The second-order valence-corrected chi connectivity index (χ2v) is 12.8. The monoisotopic (exact) mass is 499 g/mol. The van der Waals surface area contributed by atoms with E-state index in [0.29, 0.717) is 16.7 Å². The summed E-state index contributed by atoms with van der Waals surface area (Å²) in [6.07, 6.45) is 5.25. The zero-order valence-electron chi connectivity index (χ0n) is 21.7. The first-order valence-corrected chi connectivity index (χ1v) is 13.3. The number of phenolic OH excluding ortho intramolecular Hbond substituents is 1. The van der Waals surface area contributed by atoms with Gasteiger partial charge in [-0.1, -0.05) is 96.2 Å². The van der Waals surface area contributed by atoms with E-state index in [4.69, 9.17) is 0 Å².